The minimum Gasteiger partial charge on any atom is -0.335 e. The number of aromatic nitrogens is 2. The maximum atomic E-state index is 13.1. The zero-order valence-electron chi connectivity index (χ0n) is 14.8. The van der Waals surface area contributed by atoms with Crippen LogP contribution in [0.2, 0.25) is 5.02 Å². The Labute approximate surface area is 166 Å². The maximum absolute atomic E-state index is 13.1. The number of alkyl halides is 1. The average Bonchev–Trinajstić information content (AvgIpc) is 3.07. The quantitative estimate of drug-likeness (QED) is 0.776. The van der Waals surface area contributed by atoms with Gasteiger partial charge in [-0.2, -0.15) is 0 Å². The second-order valence-electron chi connectivity index (χ2n) is 7.18. The Bertz CT molecular complexity index is 1020. The molecule has 2 heterocycles. The van der Waals surface area contributed by atoms with Crippen molar-refractivity contribution in [2.24, 2.45) is 10.9 Å². The van der Waals surface area contributed by atoms with E-state index in [0.717, 1.165) is 5.56 Å². The molecule has 0 saturated heterocycles. The molecule has 1 aromatic carbocycles. The fraction of sp³-hybridized carbons (Fsp3) is 0.300. The molecule has 1 aromatic heterocycles. The van der Waals surface area contributed by atoms with Crippen molar-refractivity contribution >= 4 is 46.6 Å². The van der Waals surface area contributed by atoms with Crippen LogP contribution in [0.4, 0.5) is 0 Å². The Kier molecular flexibility index (Phi) is 4.32. The smallest absolute Gasteiger partial charge is 0.188 e. The lowest BCUT2D eigenvalue weighted by Crippen LogP contribution is -2.41. The molecule has 1 unspecified atom stereocenters. The van der Waals surface area contributed by atoms with E-state index in [9.17, 15) is 9.59 Å². The molecule has 0 bridgehead atoms. The van der Waals surface area contributed by atoms with Gasteiger partial charge >= 0.3 is 0 Å². The standard InChI is InChI=1S/C20H17Cl2N3O2/c1-20(2)18(27)14-12(7-8-21)17(26)16-15(13(14)9-23-20)24-19(25-16)10-3-5-11(22)6-4-10/h3-6,9,12H,7-8H2,1-2H3,(H,24,25). The van der Waals surface area contributed by atoms with Crippen molar-refractivity contribution in [2.75, 3.05) is 5.88 Å². The number of hydrogen-bond donors (Lipinski definition) is 1. The molecule has 1 aliphatic heterocycles. The highest BCUT2D eigenvalue weighted by molar-refractivity contribution is 6.31. The van der Waals surface area contributed by atoms with Gasteiger partial charge in [-0.05, 0) is 44.5 Å². The average molecular weight is 402 g/mol. The van der Waals surface area contributed by atoms with Crippen LogP contribution in [-0.2, 0) is 4.79 Å². The van der Waals surface area contributed by atoms with Gasteiger partial charge in [-0.25, -0.2) is 4.98 Å². The second-order valence-corrected chi connectivity index (χ2v) is 8.00. The van der Waals surface area contributed by atoms with Crippen molar-refractivity contribution in [3.63, 3.8) is 0 Å². The lowest BCUT2D eigenvalue weighted by atomic mass is 9.74. The molecule has 1 atom stereocenters. The summed E-state index contributed by atoms with van der Waals surface area (Å²) in [4.78, 5) is 38.3. The van der Waals surface area contributed by atoms with Crippen LogP contribution in [0.1, 0.15) is 36.5 Å². The predicted molar refractivity (Wildman–Crippen MR) is 107 cm³/mol. The molecule has 5 nitrogen and oxygen atoms in total. The van der Waals surface area contributed by atoms with Crippen molar-refractivity contribution < 1.29 is 9.59 Å². The van der Waals surface area contributed by atoms with Crippen molar-refractivity contribution in [1.82, 2.24) is 9.97 Å². The van der Waals surface area contributed by atoms with Crippen molar-refractivity contribution in [2.45, 2.75) is 25.8 Å². The molecule has 0 saturated carbocycles. The van der Waals surface area contributed by atoms with E-state index in [-0.39, 0.29) is 17.4 Å². The number of Topliss-reactive ketones (excluding diaryl/α,β-unsaturated/α-hetero) is 2. The van der Waals surface area contributed by atoms with Crippen LogP contribution >= 0.6 is 23.2 Å². The van der Waals surface area contributed by atoms with Crippen molar-refractivity contribution in [1.29, 1.82) is 0 Å². The topological polar surface area (TPSA) is 75.2 Å². The lowest BCUT2D eigenvalue weighted by Gasteiger charge is -2.32. The first-order valence-corrected chi connectivity index (χ1v) is 9.55. The monoisotopic (exact) mass is 401 g/mol. The normalized spacial score (nSPS) is 20.7. The summed E-state index contributed by atoms with van der Waals surface area (Å²) in [5.74, 6) is -0.0521. The number of hydrogen-bond acceptors (Lipinski definition) is 4. The number of imidazole rings is 1. The number of fused-ring (bicyclic) bond motifs is 2. The minimum atomic E-state index is -0.892. The minimum absolute atomic E-state index is 0.148. The second kappa shape index (κ2) is 6.43. The first-order chi connectivity index (χ1) is 12.8. The highest BCUT2D eigenvalue weighted by Gasteiger charge is 2.45. The number of dihydropyridines is 1. The number of carbonyl (C=O) groups excluding carboxylic acids is 2. The van der Waals surface area contributed by atoms with Gasteiger partial charge in [-0.15, -0.1) is 11.6 Å². The highest BCUT2D eigenvalue weighted by atomic mass is 35.5. The number of halogens is 2. The fourth-order valence-electron chi connectivity index (χ4n) is 3.52. The molecular weight excluding hydrogens is 385 g/mol. The van der Waals surface area contributed by atoms with E-state index >= 15 is 0 Å². The molecule has 4 rings (SSSR count). The van der Waals surface area contributed by atoms with Gasteiger partial charge in [0.1, 0.15) is 22.8 Å². The molecule has 138 valence electrons. The summed E-state index contributed by atoms with van der Waals surface area (Å²) in [6.07, 6.45) is 2.05. The zero-order valence-corrected chi connectivity index (χ0v) is 16.4. The number of nitrogens with one attached hydrogen (secondary N) is 1. The number of carbonyl (C=O) groups is 2. The summed E-state index contributed by atoms with van der Waals surface area (Å²) in [5.41, 5.74) is 1.86. The van der Waals surface area contributed by atoms with Gasteiger partial charge in [0.2, 0.25) is 0 Å². The Hall–Kier alpha value is -2.24. The Morgan fingerprint density at radius 3 is 2.56 bits per heavy atom. The SMILES string of the molecule is CC1(C)N=CC2=C(C1=O)C(CCCl)C(=O)c1[nH]c(-c3ccc(Cl)cc3)nc12. The summed E-state index contributed by atoms with van der Waals surface area (Å²) in [5, 5.41) is 0.616. The Balaban J connectivity index is 1.90. The molecule has 2 aromatic rings. The Morgan fingerprint density at radius 1 is 1.19 bits per heavy atom. The van der Waals surface area contributed by atoms with Gasteiger partial charge in [-0.3, -0.25) is 14.6 Å². The van der Waals surface area contributed by atoms with Gasteiger partial charge in [0.15, 0.2) is 11.6 Å². The molecule has 0 fully saturated rings. The summed E-state index contributed by atoms with van der Waals surface area (Å²) < 4.78 is 0. The molecule has 0 amide bonds. The third-order valence-electron chi connectivity index (χ3n) is 4.99. The molecule has 0 radical (unpaired) electrons. The molecule has 0 spiro atoms. The van der Waals surface area contributed by atoms with Crippen LogP contribution in [-0.4, -0.2) is 39.2 Å². The summed E-state index contributed by atoms with van der Waals surface area (Å²) in [6.45, 7) is 3.49. The van der Waals surface area contributed by atoms with E-state index in [0.29, 0.717) is 39.8 Å². The first kappa shape index (κ1) is 18.1. The van der Waals surface area contributed by atoms with Crippen molar-refractivity contribution in [3.8, 4) is 11.4 Å². The molecule has 2 aliphatic rings. The largest absolute Gasteiger partial charge is 0.335 e. The number of rotatable bonds is 3. The number of benzene rings is 1. The highest BCUT2D eigenvalue weighted by Crippen LogP contribution is 2.41. The van der Waals surface area contributed by atoms with Gasteiger partial charge < -0.3 is 4.98 Å². The molecule has 1 aliphatic carbocycles. The summed E-state index contributed by atoms with van der Waals surface area (Å²) in [6, 6.07) is 7.17. The fourth-order valence-corrected chi connectivity index (χ4v) is 3.87. The summed E-state index contributed by atoms with van der Waals surface area (Å²) in [7, 11) is 0. The molecule has 27 heavy (non-hydrogen) atoms. The number of H-pyrrole nitrogens is 1. The number of aliphatic imine (C=N–C) groups is 1. The number of allylic oxidation sites excluding steroid dienone is 1. The van der Waals surface area contributed by atoms with Crippen LogP contribution in [0, 0.1) is 5.92 Å². The lowest BCUT2D eigenvalue weighted by molar-refractivity contribution is -0.119. The molecule has 1 N–H and O–H groups in total. The number of nitrogens with zero attached hydrogens (tertiary/aromatic N) is 2. The van der Waals surface area contributed by atoms with Gasteiger partial charge in [0.25, 0.3) is 0 Å². The molecular formula is C20H17Cl2N3O2. The van der Waals surface area contributed by atoms with Crippen LogP contribution in [0.15, 0.2) is 34.8 Å². The van der Waals surface area contributed by atoms with E-state index < -0.39 is 11.5 Å². The first-order valence-electron chi connectivity index (χ1n) is 8.64. The molecule has 7 heteroatoms. The van der Waals surface area contributed by atoms with Crippen LogP contribution in [0.3, 0.4) is 0 Å². The van der Waals surface area contributed by atoms with E-state index in [1.807, 2.05) is 12.1 Å². The van der Waals surface area contributed by atoms with Gasteiger partial charge in [0.05, 0.1) is 5.92 Å². The summed E-state index contributed by atoms with van der Waals surface area (Å²) >= 11 is 11.9. The van der Waals surface area contributed by atoms with E-state index in [1.165, 1.54) is 0 Å². The number of aromatic amines is 1. The van der Waals surface area contributed by atoms with Crippen molar-refractivity contribution in [3.05, 3.63) is 46.2 Å². The zero-order chi connectivity index (χ0) is 19.3. The predicted octanol–water partition coefficient (Wildman–Crippen LogP) is 4.36. The Morgan fingerprint density at radius 2 is 1.89 bits per heavy atom. The van der Waals surface area contributed by atoms with Gasteiger partial charge in [-0.1, -0.05) is 11.6 Å². The van der Waals surface area contributed by atoms with Crippen LogP contribution in [0.25, 0.3) is 17.0 Å². The van der Waals surface area contributed by atoms with E-state index in [4.69, 9.17) is 23.2 Å². The number of ketones is 2. The van der Waals surface area contributed by atoms with Crippen LogP contribution in [0.5, 0.6) is 0 Å². The maximum Gasteiger partial charge on any atom is 0.188 e. The third-order valence-corrected chi connectivity index (χ3v) is 5.46. The third kappa shape index (κ3) is 2.86. The van der Waals surface area contributed by atoms with Crippen LogP contribution < -0.4 is 0 Å². The van der Waals surface area contributed by atoms with Gasteiger partial charge in [0, 0.05) is 33.8 Å². The van der Waals surface area contributed by atoms with E-state index in [2.05, 4.69) is 15.0 Å². The van der Waals surface area contributed by atoms with E-state index in [1.54, 1.807) is 32.2 Å².